The van der Waals surface area contributed by atoms with Crippen molar-refractivity contribution in [3.8, 4) is 0 Å². The third-order valence-electron chi connectivity index (χ3n) is 4.26. The lowest BCUT2D eigenvalue weighted by atomic mass is 10.0. The zero-order valence-corrected chi connectivity index (χ0v) is 15.0. The van der Waals surface area contributed by atoms with Gasteiger partial charge in [-0.15, -0.1) is 12.4 Å². The number of carbonyl (C=O) groups excluding carboxylic acids is 1. The lowest BCUT2D eigenvalue weighted by molar-refractivity contribution is -0.384. The van der Waals surface area contributed by atoms with E-state index in [0.29, 0.717) is 30.8 Å². The van der Waals surface area contributed by atoms with Gasteiger partial charge in [0.05, 0.1) is 11.0 Å². The Hall–Kier alpha value is -2.51. The van der Waals surface area contributed by atoms with Gasteiger partial charge in [-0.25, -0.2) is 4.39 Å². The summed E-state index contributed by atoms with van der Waals surface area (Å²) in [5.41, 5.74) is 1.51. The van der Waals surface area contributed by atoms with Crippen LogP contribution < -0.4 is 5.32 Å². The van der Waals surface area contributed by atoms with Crippen molar-refractivity contribution in [2.75, 3.05) is 19.6 Å². The first-order valence-electron chi connectivity index (χ1n) is 7.99. The van der Waals surface area contributed by atoms with E-state index in [1.54, 1.807) is 30.0 Å². The molecule has 1 aliphatic heterocycles. The first kappa shape index (κ1) is 19.8. The lowest BCUT2D eigenvalue weighted by Crippen LogP contribution is -2.48. The van der Waals surface area contributed by atoms with Gasteiger partial charge >= 0.3 is 0 Å². The van der Waals surface area contributed by atoms with Crippen LogP contribution in [-0.2, 0) is 0 Å². The van der Waals surface area contributed by atoms with Crippen LogP contribution in [0, 0.1) is 22.9 Å². The molecule has 1 amide bonds. The van der Waals surface area contributed by atoms with Gasteiger partial charge in [0, 0.05) is 37.3 Å². The number of nitrogens with zero attached hydrogens (tertiary/aromatic N) is 2. The van der Waals surface area contributed by atoms with E-state index in [-0.39, 0.29) is 41.4 Å². The highest BCUT2D eigenvalue weighted by molar-refractivity contribution is 5.95. The minimum absolute atomic E-state index is 0. The fraction of sp³-hybridized carbons (Fsp3) is 0.278. The molecule has 2 aromatic rings. The molecule has 1 saturated heterocycles. The number of benzene rings is 2. The number of hydrogen-bond acceptors (Lipinski definition) is 4. The Balaban J connectivity index is 0.00000243. The predicted molar refractivity (Wildman–Crippen MR) is 98.1 cm³/mol. The Morgan fingerprint density at radius 3 is 2.77 bits per heavy atom. The van der Waals surface area contributed by atoms with Gasteiger partial charge in [-0.1, -0.05) is 12.1 Å². The van der Waals surface area contributed by atoms with Gasteiger partial charge < -0.3 is 10.2 Å². The van der Waals surface area contributed by atoms with Crippen molar-refractivity contribution >= 4 is 24.0 Å². The molecule has 0 aromatic heterocycles. The molecule has 1 heterocycles. The van der Waals surface area contributed by atoms with E-state index in [0.717, 1.165) is 0 Å². The van der Waals surface area contributed by atoms with Gasteiger partial charge in [0.15, 0.2) is 0 Å². The summed E-state index contributed by atoms with van der Waals surface area (Å²) in [6, 6.07) is 10.2. The minimum Gasteiger partial charge on any atom is -0.329 e. The van der Waals surface area contributed by atoms with Crippen LogP contribution >= 0.6 is 12.4 Å². The number of aryl methyl sites for hydroxylation is 1. The first-order valence-corrected chi connectivity index (χ1v) is 7.99. The number of amides is 1. The Kier molecular flexibility index (Phi) is 6.28. The fourth-order valence-electron chi connectivity index (χ4n) is 3.12. The Morgan fingerprint density at radius 1 is 1.31 bits per heavy atom. The summed E-state index contributed by atoms with van der Waals surface area (Å²) >= 11 is 0. The highest BCUT2D eigenvalue weighted by Gasteiger charge is 2.29. The average Bonchev–Trinajstić information content (AvgIpc) is 2.60. The van der Waals surface area contributed by atoms with Gasteiger partial charge in [0.2, 0.25) is 0 Å². The normalized spacial score (nSPS) is 16.7. The molecule has 3 rings (SSSR count). The van der Waals surface area contributed by atoms with Gasteiger partial charge in [0.1, 0.15) is 5.82 Å². The van der Waals surface area contributed by atoms with Crippen LogP contribution in [0.5, 0.6) is 0 Å². The van der Waals surface area contributed by atoms with Crippen molar-refractivity contribution < 1.29 is 14.1 Å². The number of non-ortho nitro benzene ring substituents is 1. The van der Waals surface area contributed by atoms with Crippen molar-refractivity contribution in [1.82, 2.24) is 10.2 Å². The summed E-state index contributed by atoms with van der Waals surface area (Å²) in [4.78, 5) is 25.2. The zero-order valence-electron chi connectivity index (χ0n) is 14.1. The molecule has 0 bridgehead atoms. The number of rotatable bonds is 3. The van der Waals surface area contributed by atoms with Crippen molar-refractivity contribution in [1.29, 1.82) is 0 Å². The van der Waals surface area contributed by atoms with E-state index in [1.165, 1.54) is 24.3 Å². The van der Waals surface area contributed by atoms with Crippen molar-refractivity contribution in [3.63, 3.8) is 0 Å². The molecule has 6 nitrogen and oxygen atoms in total. The van der Waals surface area contributed by atoms with Crippen LogP contribution in [0.15, 0.2) is 42.5 Å². The molecule has 0 aliphatic carbocycles. The summed E-state index contributed by atoms with van der Waals surface area (Å²) in [7, 11) is 0. The van der Waals surface area contributed by atoms with E-state index < -0.39 is 4.92 Å². The van der Waals surface area contributed by atoms with E-state index in [2.05, 4.69) is 5.32 Å². The molecule has 26 heavy (non-hydrogen) atoms. The molecular formula is C18H19ClFN3O3. The minimum atomic E-state index is -0.508. The molecule has 0 saturated carbocycles. The van der Waals surface area contributed by atoms with Gasteiger partial charge in [0.25, 0.3) is 11.6 Å². The maximum absolute atomic E-state index is 13.6. The molecule has 1 aliphatic rings. The molecule has 0 spiro atoms. The molecular weight excluding hydrogens is 361 g/mol. The summed E-state index contributed by atoms with van der Waals surface area (Å²) in [5.74, 6) is -0.649. The standard InChI is InChI=1S/C18H18FN3O3.ClH/c1-12-7-14(10-16(8-12)22(24)25)18(23)21-6-5-20-11-17(21)13-3-2-4-15(19)9-13;/h2-4,7-10,17,20H,5-6,11H2,1H3;1H. The maximum atomic E-state index is 13.6. The summed E-state index contributed by atoms with van der Waals surface area (Å²) in [5, 5.41) is 14.3. The van der Waals surface area contributed by atoms with Crippen LogP contribution in [0.25, 0.3) is 0 Å². The molecule has 1 unspecified atom stereocenters. The van der Waals surface area contributed by atoms with Crippen molar-refractivity contribution in [2.24, 2.45) is 0 Å². The molecule has 1 atom stereocenters. The molecule has 8 heteroatoms. The molecule has 0 radical (unpaired) electrons. The van der Waals surface area contributed by atoms with E-state index in [1.807, 2.05) is 0 Å². The number of hydrogen-bond donors (Lipinski definition) is 1. The van der Waals surface area contributed by atoms with E-state index in [9.17, 15) is 19.3 Å². The number of nitro benzene ring substituents is 1. The highest BCUT2D eigenvalue weighted by atomic mass is 35.5. The SMILES string of the molecule is Cc1cc(C(=O)N2CCNCC2c2cccc(F)c2)cc([N+](=O)[O-])c1.Cl. The van der Waals surface area contributed by atoms with Gasteiger partial charge in [-0.2, -0.15) is 0 Å². The topological polar surface area (TPSA) is 75.5 Å². The Labute approximate surface area is 156 Å². The zero-order chi connectivity index (χ0) is 18.0. The quantitative estimate of drug-likeness (QED) is 0.656. The third-order valence-corrected chi connectivity index (χ3v) is 4.26. The third kappa shape index (κ3) is 4.17. The molecule has 2 aromatic carbocycles. The van der Waals surface area contributed by atoms with Crippen LogP contribution in [-0.4, -0.2) is 35.4 Å². The second kappa shape index (κ2) is 8.25. The lowest BCUT2D eigenvalue weighted by Gasteiger charge is -2.36. The monoisotopic (exact) mass is 379 g/mol. The molecule has 1 fully saturated rings. The van der Waals surface area contributed by atoms with Crippen LogP contribution in [0.2, 0.25) is 0 Å². The van der Waals surface area contributed by atoms with Crippen molar-refractivity contribution in [3.05, 3.63) is 75.1 Å². The van der Waals surface area contributed by atoms with Crippen LogP contribution in [0.4, 0.5) is 10.1 Å². The van der Waals surface area contributed by atoms with Gasteiger partial charge in [-0.3, -0.25) is 14.9 Å². The number of nitrogens with one attached hydrogen (secondary N) is 1. The summed E-state index contributed by atoms with van der Waals surface area (Å²) in [6.45, 7) is 3.28. The maximum Gasteiger partial charge on any atom is 0.270 e. The van der Waals surface area contributed by atoms with Crippen molar-refractivity contribution in [2.45, 2.75) is 13.0 Å². The molecule has 1 N–H and O–H groups in total. The molecule has 138 valence electrons. The Bertz CT molecular complexity index is 831. The number of carbonyl (C=O) groups is 1. The fourth-order valence-corrected chi connectivity index (χ4v) is 3.12. The predicted octanol–water partition coefficient (Wildman–Crippen LogP) is 3.25. The second-order valence-corrected chi connectivity index (χ2v) is 6.09. The highest BCUT2D eigenvalue weighted by Crippen LogP contribution is 2.26. The van der Waals surface area contributed by atoms with Gasteiger partial charge in [-0.05, 0) is 36.2 Å². The summed E-state index contributed by atoms with van der Waals surface area (Å²) < 4.78 is 13.6. The second-order valence-electron chi connectivity index (χ2n) is 6.09. The van der Waals surface area contributed by atoms with E-state index in [4.69, 9.17) is 0 Å². The number of piperazine rings is 1. The Morgan fingerprint density at radius 2 is 2.08 bits per heavy atom. The smallest absolute Gasteiger partial charge is 0.270 e. The number of nitro groups is 1. The van der Waals surface area contributed by atoms with Crippen LogP contribution in [0.3, 0.4) is 0 Å². The number of halogens is 2. The summed E-state index contributed by atoms with van der Waals surface area (Å²) in [6.07, 6.45) is 0. The van der Waals surface area contributed by atoms with E-state index >= 15 is 0 Å². The average molecular weight is 380 g/mol. The first-order chi connectivity index (χ1) is 12.0. The van der Waals surface area contributed by atoms with Crippen LogP contribution in [0.1, 0.15) is 27.5 Å². The largest absolute Gasteiger partial charge is 0.329 e.